The molecular weight excluding hydrogens is 242 g/mol. The Bertz CT molecular complexity index is 569. The maximum absolute atomic E-state index is 13.6. The Morgan fingerprint density at radius 2 is 2.11 bits per heavy atom. The molecule has 1 aromatic heterocycles. The van der Waals surface area contributed by atoms with Crippen molar-refractivity contribution in [3.05, 3.63) is 47.3 Å². The Labute approximate surface area is 102 Å². The molecule has 0 aliphatic rings. The smallest absolute Gasteiger partial charge is 0.162 e. The predicted molar refractivity (Wildman–Crippen MR) is 60.2 cm³/mol. The van der Waals surface area contributed by atoms with E-state index in [9.17, 15) is 13.9 Å². The van der Waals surface area contributed by atoms with Crippen LogP contribution in [0.5, 0.6) is 5.75 Å². The highest BCUT2D eigenvalue weighted by Gasteiger charge is 2.23. The number of halogens is 2. The van der Waals surface area contributed by atoms with Gasteiger partial charge in [0, 0.05) is 12.6 Å². The minimum atomic E-state index is -1.34. The molecule has 0 saturated heterocycles. The molecule has 1 unspecified atom stereocenters. The van der Waals surface area contributed by atoms with Crippen LogP contribution in [0.4, 0.5) is 8.78 Å². The molecule has 1 N–H and O–H groups in total. The molecule has 0 aliphatic heterocycles. The Morgan fingerprint density at radius 3 is 2.78 bits per heavy atom. The molecule has 96 valence electrons. The standard InChI is InChI=1S/C12H12F2N2O2/c1-16-11(10(18-2)6-15-16)12(17)8-5-7(13)3-4-9(8)14/h3-6,12,17H,1-2H3. The molecule has 0 spiro atoms. The lowest BCUT2D eigenvalue weighted by molar-refractivity contribution is 0.199. The summed E-state index contributed by atoms with van der Waals surface area (Å²) in [7, 11) is 2.99. The van der Waals surface area contributed by atoms with Crippen LogP contribution in [0.3, 0.4) is 0 Å². The fraction of sp³-hybridized carbons (Fsp3) is 0.250. The maximum atomic E-state index is 13.6. The van der Waals surface area contributed by atoms with Crippen LogP contribution >= 0.6 is 0 Å². The van der Waals surface area contributed by atoms with Crippen molar-refractivity contribution in [3.8, 4) is 5.75 Å². The number of aliphatic hydroxyl groups excluding tert-OH is 1. The molecule has 2 rings (SSSR count). The van der Waals surface area contributed by atoms with E-state index in [4.69, 9.17) is 4.74 Å². The van der Waals surface area contributed by atoms with Gasteiger partial charge in [-0.05, 0) is 18.2 Å². The van der Waals surface area contributed by atoms with E-state index in [2.05, 4.69) is 5.10 Å². The van der Waals surface area contributed by atoms with Crippen LogP contribution in [-0.2, 0) is 7.05 Å². The minimum absolute atomic E-state index is 0.156. The topological polar surface area (TPSA) is 47.3 Å². The second-order valence-corrected chi connectivity index (χ2v) is 3.79. The van der Waals surface area contributed by atoms with Gasteiger partial charge in [0.15, 0.2) is 5.75 Å². The van der Waals surface area contributed by atoms with Crippen molar-refractivity contribution in [2.45, 2.75) is 6.10 Å². The van der Waals surface area contributed by atoms with Crippen molar-refractivity contribution in [1.82, 2.24) is 9.78 Å². The van der Waals surface area contributed by atoms with Gasteiger partial charge in [-0.25, -0.2) is 8.78 Å². The molecular formula is C12H12F2N2O2. The average molecular weight is 254 g/mol. The zero-order valence-corrected chi connectivity index (χ0v) is 9.89. The number of aromatic nitrogens is 2. The van der Waals surface area contributed by atoms with Crippen LogP contribution < -0.4 is 4.74 Å². The third kappa shape index (κ3) is 2.06. The first-order valence-electron chi connectivity index (χ1n) is 5.23. The first-order valence-corrected chi connectivity index (χ1v) is 5.23. The highest BCUT2D eigenvalue weighted by Crippen LogP contribution is 2.30. The molecule has 0 aliphatic carbocycles. The summed E-state index contributed by atoms with van der Waals surface area (Å²) >= 11 is 0. The predicted octanol–water partition coefficient (Wildman–Crippen LogP) is 1.79. The Balaban J connectivity index is 2.50. The van der Waals surface area contributed by atoms with E-state index >= 15 is 0 Å². The molecule has 1 heterocycles. The second-order valence-electron chi connectivity index (χ2n) is 3.79. The summed E-state index contributed by atoms with van der Waals surface area (Å²) in [6.07, 6.45) is 0.0543. The summed E-state index contributed by atoms with van der Waals surface area (Å²) in [5, 5.41) is 14.0. The van der Waals surface area contributed by atoms with E-state index in [0.29, 0.717) is 5.75 Å². The van der Waals surface area contributed by atoms with Crippen molar-refractivity contribution in [1.29, 1.82) is 0 Å². The monoisotopic (exact) mass is 254 g/mol. The van der Waals surface area contributed by atoms with Gasteiger partial charge in [-0.15, -0.1) is 0 Å². The minimum Gasteiger partial charge on any atom is -0.493 e. The Kier molecular flexibility index (Phi) is 3.29. The molecule has 0 amide bonds. The van der Waals surface area contributed by atoms with E-state index in [1.807, 2.05) is 0 Å². The zero-order valence-electron chi connectivity index (χ0n) is 9.89. The number of aryl methyl sites for hydroxylation is 1. The third-order valence-corrected chi connectivity index (χ3v) is 2.68. The third-order valence-electron chi connectivity index (χ3n) is 2.68. The van der Waals surface area contributed by atoms with Crippen molar-refractivity contribution in [2.75, 3.05) is 7.11 Å². The van der Waals surface area contributed by atoms with Crippen molar-refractivity contribution >= 4 is 0 Å². The van der Waals surface area contributed by atoms with Gasteiger partial charge in [-0.3, -0.25) is 4.68 Å². The SMILES string of the molecule is COc1cnn(C)c1C(O)c1cc(F)ccc1F. The molecule has 6 heteroatoms. The summed E-state index contributed by atoms with van der Waals surface area (Å²) in [6, 6.07) is 2.91. The van der Waals surface area contributed by atoms with Crippen molar-refractivity contribution in [2.24, 2.45) is 7.05 Å². The number of aliphatic hydroxyl groups is 1. The number of hydrogen-bond acceptors (Lipinski definition) is 3. The molecule has 0 bridgehead atoms. The summed E-state index contributed by atoms with van der Waals surface area (Å²) in [6.45, 7) is 0. The summed E-state index contributed by atoms with van der Waals surface area (Å²) in [4.78, 5) is 0. The van der Waals surface area contributed by atoms with Gasteiger partial charge >= 0.3 is 0 Å². The van der Waals surface area contributed by atoms with Crippen molar-refractivity contribution in [3.63, 3.8) is 0 Å². The fourth-order valence-corrected chi connectivity index (χ4v) is 1.77. The van der Waals surface area contributed by atoms with Crippen LogP contribution in [-0.4, -0.2) is 22.0 Å². The number of ether oxygens (including phenoxy) is 1. The highest BCUT2D eigenvalue weighted by atomic mass is 19.1. The Hall–Kier alpha value is -1.95. The zero-order chi connectivity index (χ0) is 13.3. The van der Waals surface area contributed by atoms with Crippen molar-refractivity contribution < 1.29 is 18.6 Å². The van der Waals surface area contributed by atoms with Gasteiger partial charge in [0.2, 0.25) is 0 Å². The number of nitrogens with zero attached hydrogens (tertiary/aromatic N) is 2. The van der Waals surface area contributed by atoms with Crippen LogP contribution in [0.1, 0.15) is 17.4 Å². The van der Waals surface area contributed by atoms with Gasteiger partial charge in [0.05, 0.1) is 13.3 Å². The van der Waals surface area contributed by atoms with Gasteiger partial charge in [0.1, 0.15) is 23.4 Å². The van der Waals surface area contributed by atoms with Gasteiger partial charge < -0.3 is 9.84 Å². The largest absolute Gasteiger partial charge is 0.493 e. The molecule has 1 atom stereocenters. The quantitative estimate of drug-likeness (QED) is 0.908. The highest BCUT2D eigenvalue weighted by molar-refractivity contribution is 5.35. The van der Waals surface area contributed by atoms with E-state index in [-0.39, 0.29) is 11.3 Å². The van der Waals surface area contributed by atoms with E-state index in [1.54, 1.807) is 7.05 Å². The van der Waals surface area contributed by atoms with Gasteiger partial charge in [-0.2, -0.15) is 5.10 Å². The van der Waals surface area contributed by atoms with Crippen LogP contribution in [0.25, 0.3) is 0 Å². The lowest BCUT2D eigenvalue weighted by Gasteiger charge is -2.14. The molecule has 0 radical (unpaired) electrons. The van der Waals surface area contributed by atoms with E-state index in [1.165, 1.54) is 18.0 Å². The van der Waals surface area contributed by atoms with Crippen LogP contribution in [0.2, 0.25) is 0 Å². The second kappa shape index (κ2) is 4.73. The van der Waals surface area contributed by atoms with Gasteiger partial charge in [0.25, 0.3) is 0 Å². The molecule has 0 saturated carbocycles. The number of hydrogen-bond donors (Lipinski definition) is 1. The molecule has 4 nitrogen and oxygen atoms in total. The molecule has 18 heavy (non-hydrogen) atoms. The molecule has 1 aromatic carbocycles. The summed E-state index contributed by atoms with van der Waals surface area (Å²) in [5.41, 5.74) is 0.110. The summed E-state index contributed by atoms with van der Waals surface area (Å²) < 4.78 is 33.1. The number of methoxy groups -OCH3 is 1. The van der Waals surface area contributed by atoms with Gasteiger partial charge in [-0.1, -0.05) is 0 Å². The fourth-order valence-electron chi connectivity index (χ4n) is 1.77. The first-order chi connectivity index (χ1) is 8.54. The number of benzene rings is 1. The number of rotatable bonds is 3. The lowest BCUT2D eigenvalue weighted by Crippen LogP contribution is -2.10. The maximum Gasteiger partial charge on any atom is 0.162 e. The van der Waals surface area contributed by atoms with Crippen LogP contribution in [0, 0.1) is 11.6 Å². The molecule has 2 aromatic rings. The Morgan fingerprint density at radius 1 is 1.39 bits per heavy atom. The average Bonchev–Trinajstić information content (AvgIpc) is 2.72. The normalized spacial score (nSPS) is 12.5. The molecule has 0 fully saturated rings. The first kappa shape index (κ1) is 12.5. The van der Waals surface area contributed by atoms with E-state index in [0.717, 1.165) is 18.2 Å². The van der Waals surface area contributed by atoms with Crippen LogP contribution in [0.15, 0.2) is 24.4 Å². The van der Waals surface area contributed by atoms with E-state index < -0.39 is 17.7 Å². The lowest BCUT2D eigenvalue weighted by atomic mass is 10.1. The summed E-state index contributed by atoms with van der Waals surface area (Å²) in [5.74, 6) is -0.993.